The predicted octanol–water partition coefficient (Wildman–Crippen LogP) is 1.10. The van der Waals surface area contributed by atoms with Crippen molar-refractivity contribution in [3.05, 3.63) is 23.9 Å². The summed E-state index contributed by atoms with van der Waals surface area (Å²) in [5.41, 5.74) is 1.32. The average Bonchev–Trinajstić information content (AvgIpc) is 3.19. The van der Waals surface area contributed by atoms with Gasteiger partial charge in [-0.25, -0.2) is 4.98 Å². The van der Waals surface area contributed by atoms with E-state index < -0.39 is 0 Å². The summed E-state index contributed by atoms with van der Waals surface area (Å²) in [4.78, 5) is 16.3. The molecule has 0 bridgehead atoms. The van der Waals surface area contributed by atoms with Gasteiger partial charge in [0.25, 0.3) is 0 Å². The number of ether oxygens (including phenoxy) is 1. The van der Waals surface area contributed by atoms with Gasteiger partial charge in [0.15, 0.2) is 0 Å². The number of piperidine rings is 1. The molecule has 2 fully saturated rings. The molecule has 1 unspecified atom stereocenters. The topological polar surface area (TPSA) is 63.2 Å². The van der Waals surface area contributed by atoms with E-state index in [9.17, 15) is 4.79 Å². The molecule has 20 heavy (non-hydrogen) atoms. The van der Waals surface area contributed by atoms with Gasteiger partial charge in [-0.15, -0.1) is 0 Å². The Kier molecular flexibility index (Phi) is 3.61. The Morgan fingerprint density at radius 2 is 2.35 bits per heavy atom. The van der Waals surface area contributed by atoms with E-state index in [2.05, 4.69) is 15.6 Å². The van der Waals surface area contributed by atoms with E-state index in [4.69, 9.17) is 4.74 Å². The van der Waals surface area contributed by atoms with Crippen LogP contribution in [-0.4, -0.2) is 31.1 Å². The molecule has 1 aliphatic carbocycles. The lowest BCUT2D eigenvalue weighted by molar-refractivity contribution is -0.123. The van der Waals surface area contributed by atoms with Crippen LogP contribution in [0, 0.1) is 11.3 Å². The standard InChI is InChI=1S/C15H21N3O2/c1-20-13-8-11(2-5-17-13)10-18-14(19)12-9-15(12)3-6-16-7-4-15/h2,5,8,12,16H,3-4,6-7,9-10H2,1H3,(H,18,19). The van der Waals surface area contributed by atoms with Crippen LogP contribution in [0.15, 0.2) is 18.3 Å². The minimum Gasteiger partial charge on any atom is -0.481 e. The van der Waals surface area contributed by atoms with Crippen LogP contribution in [0.3, 0.4) is 0 Å². The van der Waals surface area contributed by atoms with E-state index in [0.29, 0.717) is 17.8 Å². The largest absolute Gasteiger partial charge is 0.481 e. The summed E-state index contributed by atoms with van der Waals surface area (Å²) in [5.74, 6) is 0.994. The van der Waals surface area contributed by atoms with Gasteiger partial charge in [0.05, 0.1) is 7.11 Å². The number of hydrogen-bond acceptors (Lipinski definition) is 4. The number of amides is 1. The van der Waals surface area contributed by atoms with Crippen LogP contribution >= 0.6 is 0 Å². The maximum atomic E-state index is 12.2. The lowest BCUT2D eigenvalue weighted by atomic mass is 9.92. The highest BCUT2D eigenvalue weighted by atomic mass is 16.5. The van der Waals surface area contributed by atoms with Gasteiger partial charge in [-0.05, 0) is 49.4 Å². The first-order valence-electron chi connectivity index (χ1n) is 7.21. The van der Waals surface area contributed by atoms with Gasteiger partial charge in [0.1, 0.15) is 0 Å². The third-order valence-electron chi connectivity index (χ3n) is 4.58. The molecule has 0 radical (unpaired) electrons. The average molecular weight is 275 g/mol. The maximum Gasteiger partial charge on any atom is 0.223 e. The summed E-state index contributed by atoms with van der Waals surface area (Å²) in [7, 11) is 1.59. The smallest absolute Gasteiger partial charge is 0.223 e. The predicted molar refractivity (Wildman–Crippen MR) is 75.3 cm³/mol. The summed E-state index contributed by atoms with van der Waals surface area (Å²) in [6, 6.07) is 3.75. The Morgan fingerprint density at radius 1 is 1.55 bits per heavy atom. The van der Waals surface area contributed by atoms with Crippen molar-refractivity contribution in [2.24, 2.45) is 11.3 Å². The number of carbonyl (C=O) groups is 1. The van der Waals surface area contributed by atoms with Crippen molar-refractivity contribution in [1.82, 2.24) is 15.6 Å². The fourth-order valence-corrected chi connectivity index (χ4v) is 3.18. The van der Waals surface area contributed by atoms with Crippen LogP contribution in [0.5, 0.6) is 5.88 Å². The highest BCUT2D eigenvalue weighted by molar-refractivity contribution is 5.82. The second-order valence-corrected chi connectivity index (χ2v) is 5.79. The van der Waals surface area contributed by atoms with Gasteiger partial charge in [0, 0.05) is 24.7 Å². The molecule has 1 atom stereocenters. The molecular formula is C15H21N3O2. The zero-order valence-corrected chi connectivity index (χ0v) is 11.8. The van der Waals surface area contributed by atoms with E-state index in [1.807, 2.05) is 12.1 Å². The number of nitrogens with zero attached hydrogens (tertiary/aromatic N) is 1. The Morgan fingerprint density at radius 3 is 3.10 bits per heavy atom. The van der Waals surface area contributed by atoms with E-state index in [1.165, 1.54) is 0 Å². The zero-order valence-electron chi connectivity index (χ0n) is 11.8. The van der Waals surface area contributed by atoms with E-state index >= 15 is 0 Å². The van der Waals surface area contributed by atoms with Crippen molar-refractivity contribution in [3.8, 4) is 5.88 Å². The monoisotopic (exact) mass is 275 g/mol. The van der Waals surface area contributed by atoms with Crippen molar-refractivity contribution in [1.29, 1.82) is 0 Å². The van der Waals surface area contributed by atoms with Gasteiger partial charge in [-0.1, -0.05) is 0 Å². The molecule has 1 aliphatic heterocycles. The van der Waals surface area contributed by atoms with E-state index in [-0.39, 0.29) is 11.8 Å². The molecule has 108 valence electrons. The minimum atomic E-state index is 0.197. The Hall–Kier alpha value is -1.62. The van der Waals surface area contributed by atoms with Gasteiger partial charge >= 0.3 is 0 Å². The second kappa shape index (κ2) is 5.40. The number of pyridine rings is 1. The van der Waals surface area contributed by atoms with Crippen molar-refractivity contribution >= 4 is 5.91 Å². The van der Waals surface area contributed by atoms with Crippen LogP contribution in [0.4, 0.5) is 0 Å². The van der Waals surface area contributed by atoms with Crippen LogP contribution in [0.2, 0.25) is 0 Å². The first-order chi connectivity index (χ1) is 9.73. The Labute approximate surface area is 119 Å². The summed E-state index contributed by atoms with van der Waals surface area (Å²) in [5, 5.41) is 6.40. The minimum absolute atomic E-state index is 0.197. The molecule has 2 aliphatic rings. The third-order valence-corrected chi connectivity index (χ3v) is 4.58. The SMILES string of the molecule is COc1cc(CNC(=O)C2CC23CCNCC3)ccn1. The van der Waals surface area contributed by atoms with Gasteiger partial charge in [-0.2, -0.15) is 0 Å². The normalized spacial score (nSPS) is 23.4. The highest BCUT2D eigenvalue weighted by Gasteiger charge is 2.57. The Balaban J connectivity index is 1.52. The zero-order chi connectivity index (χ0) is 14.0. The van der Waals surface area contributed by atoms with E-state index in [0.717, 1.165) is 37.9 Å². The molecule has 1 spiro atoms. The summed E-state index contributed by atoms with van der Waals surface area (Å²) < 4.78 is 5.08. The molecule has 5 nitrogen and oxygen atoms in total. The molecule has 5 heteroatoms. The molecule has 1 saturated carbocycles. The first kappa shape index (κ1) is 13.4. The number of methoxy groups -OCH3 is 1. The number of hydrogen-bond donors (Lipinski definition) is 2. The first-order valence-corrected chi connectivity index (χ1v) is 7.21. The third kappa shape index (κ3) is 2.63. The molecule has 3 rings (SSSR count). The van der Waals surface area contributed by atoms with Crippen molar-refractivity contribution < 1.29 is 9.53 Å². The lowest BCUT2D eigenvalue weighted by Gasteiger charge is -2.23. The molecule has 1 saturated heterocycles. The van der Waals surface area contributed by atoms with Crippen LogP contribution in [-0.2, 0) is 11.3 Å². The maximum absolute atomic E-state index is 12.2. The summed E-state index contributed by atoms with van der Waals surface area (Å²) >= 11 is 0. The van der Waals surface area contributed by atoms with Gasteiger partial charge in [-0.3, -0.25) is 4.79 Å². The molecule has 2 N–H and O–H groups in total. The van der Waals surface area contributed by atoms with Crippen molar-refractivity contribution in [2.45, 2.75) is 25.8 Å². The summed E-state index contributed by atoms with van der Waals surface area (Å²) in [6.45, 7) is 2.64. The number of carbonyl (C=O) groups excluding carboxylic acids is 1. The van der Waals surface area contributed by atoms with Crippen molar-refractivity contribution in [2.75, 3.05) is 20.2 Å². The molecular weight excluding hydrogens is 254 g/mol. The number of aromatic nitrogens is 1. The lowest BCUT2D eigenvalue weighted by Crippen LogP contribution is -2.33. The Bertz CT molecular complexity index is 498. The molecule has 0 aromatic carbocycles. The number of nitrogens with one attached hydrogen (secondary N) is 2. The van der Waals surface area contributed by atoms with Gasteiger partial charge in [0.2, 0.25) is 11.8 Å². The number of rotatable bonds is 4. The highest BCUT2D eigenvalue weighted by Crippen LogP contribution is 2.58. The molecule has 2 heterocycles. The van der Waals surface area contributed by atoms with Crippen LogP contribution in [0.1, 0.15) is 24.8 Å². The summed E-state index contributed by atoms with van der Waals surface area (Å²) in [6.07, 6.45) is 5.02. The molecule has 1 amide bonds. The quantitative estimate of drug-likeness (QED) is 0.863. The van der Waals surface area contributed by atoms with Crippen LogP contribution in [0.25, 0.3) is 0 Å². The van der Waals surface area contributed by atoms with E-state index in [1.54, 1.807) is 13.3 Å². The molecule has 1 aromatic rings. The van der Waals surface area contributed by atoms with Crippen LogP contribution < -0.4 is 15.4 Å². The fourth-order valence-electron chi connectivity index (χ4n) is 3.18. The molecule has 1 aromatic heterocycles. The fraction of sp³-hybridized carbons (Fsp3) is 0.600. The van der Waals surface area contributed by atoms with Crippen molar-refractivity contribution in [3.63, 3.8) is 0 Å². The second-order valence-electron chi connectivity index (χ2n) is 5.79. The van der Waals surface area contributed by atoms with Gasteiger partial charge < -0.3 is 15.4 Å².